The average Bonchev–Trinajstić information content (AvgIpc) is 2.81. The second kappa shape index (κ2) is 2.17. The summed E-state index contributed by atoms with van der Waals surface area (Å²) in [5.41, 5.74) is -0.412. The smallest absolute Gasteiger partial charge is 0.0898 e. The van der Waals surface area contributed by atoms with Crippen molar-refractivity contribution in [2.75, 3.05) is 0 Å². The number of aliphatic hydroxyl groups is 1. The van der Waals surface area contributed by atoms with E-state index in [9.17, 15) is 5.11 Å². The molecule has 6 saturated carbocycles. The van der Waals surface area contributed by atoms with Crippen LogP contribution < -0.4 is 0 Å². The van der Waals surface area contributed by atoms with E-state index >= 15 is 0 Å². The van der Waals surface area contributed by atoms with Crippen molar-refractivity contribution in [2.24, 2.45) is 41.4 Å². The molecule has 6 aliphatic carbocycles. The van der Waals surface area contributed by atoms with Gasteiger partial charge in [-0.15, -0.1) is 0 Å². The molecular formula is C11H11Br3O. The lowest BCUT2D eigenvalue weighted by atomic mass is 9.69. The van der Waals surface area contributed by atoms with Gasteiger partial charge in [0.05, 0.1) is 8.83 Å². The fourth-order valence-corrected chi connectivity index (χ4v) is 10.4. The van der Waals surface area contributed by atoms with Crippen molar-refractivity contribution in [1.82, 2.24) is 0 Å². The molecule has 82 valence electrons. The number of alkyl halides is 3. The molecule has 0 heterocycles. The zero-order chi connectivity index (χ0) is 10.3. The first-order chi connectivity index (χ1) is 7.00. The molecule has 6 rings (SSSR count). The molecular weight excluding hydrogens is 388 g/mol. The summed E-state index contributed by atoms with van der Waals surface area (Å²) < 4.78 is 0.0424. The molecule has 4 heteroatoms. The third-order valence-corrected chi connectivity index (χ3v) is 9.73. The lowest BCUT2D eigenvalue weighted by Gasteiger charge is -2.38. The quantitative estimate of drug-likeness (QED) is 0.622. The Hall–Kier alpha value is 1.40. The van der Waals surface area contributed by atoms with E-state index in [1.807, 2.05) is 0 Å². The van der Waals surface area contributed by atoms with Crippen molar-refractivity contribution in [3.05, 3.63) is 0 Å². The summed E-state index contributed by atoms with van der Waals surface area (Å²) in [5.74, 6) is 4.93. The van der Waals surface area contributed by atoms with Crippen molar-refractivity contribution in [2.45, 2.75) is 20.1 Å². The van der Waals surface area contributed by atoms with E-state index in [4.69, 9.17) is 0 Å². The highest BCUT2D eigenvalue weighted by molar-refractivity contribution is 9.25. The van der Waals surface area contributed by atoms with Crippen LogP contribution in [-0.2, 0) is 0 Å². The SMILES string of the molecule is O[C@]12[C@@H]3[C@H]4C[C@@H]5[C@@H]([C@@H]4[C@H]1Br)[C@@H]2C(Br)(Br)[C@@H]53. The fourth-order valence-electron chi connectivity index (χ4n) is 6.49. The average molecular weight is 399 g/mol. The fraction of sp³-hybridized carbons (Fsp3) is 1.00. The molecule has 1 nitrogen and oxygen atoms in total. The van der Waals surface area contributed by atoms with E-state index in [0.29, 0.717) is 22.6 Å². The molecule has 0 radical (unpaired) electrons. The first-order valence-corrected chi connectivity index (χ1v) is 8.25. The predicted molar refractivity (Wildman–Crippen MR) is 67.3 cm³/mol. The molecule has 9 atom stereocenters. The Kier molecular flexibility index (Phi) is 1.35. The molecule has 0 aromatic rings. The summed E-state index contributed by atoms with van der Waals surface area (Å²) in [4.78, 5) is 0.363. The van der Waals surface area contributed by atoms with Crippen LogP contribution in [0.4, 0.5) is 0 Å². The Morgan fingerprint density at radius 2 is 1.73 bits per heavy atom. The summed E-state index contributed by atoms with van der Waals surface area (Å²) in [6.07, 6.45) is 1.38. The van der Waals surface area contributed by atoms with Crippen LogP contribution in [0.3, 0.4) is 0 Å². The molecule has 0 aromatic heterocycles. The van der Waals surface area contributed by atoms with Gasteiger partial charge < -0.3 is 5.11 Å². The standard InChI is InChI=1S/C11H11Br3O/c12-9-5-3-1-2-4(5)8-10(9,15)6(3)7(2)11(8,13)14/h2-9,15H,1H2/t2-,3+,4+,5-,6-,7+,8+,9-,10+/m1/s1. The van der Waals surface area contributed by atoms with E-state index in [0.717, 1.165) is 23.7 Å². The van der Waals surface area contributed by atoms with Gasteiger partial charge in [-0.25, -0.2) is 0 Å². The van der Waals surface area contributed by atoms with Crippen molar-refractivity contribution < 1.29 is 5.11 Å². The third kappa shape index (κ3) is 0.609. The van der Waals surface area contributed by atoms with E-state index in [1.165, 1.54) is 6.42 Å². The maximum Gasteiger partial charge on any atom is 0.0898 e. The Balaban J connectivity index is 1.88. The first kappa shape index (κ1) is 9.35. The molecule has 0 saturated heterocycles. The second-order valence-electron chi connectivity index (χ2n) is 6.21. The van der Waals surface area contributed by atoms with E-state index in [2.05, 4.69) is 47.8 Å². The minimum absolute atomic E-state index is 0.0424. The molecule has 1 N–H and O–H groups in total. The summed E-state index contributed by atoms with van der Waals surface area (Å²) in [5, 5.41) is 11.0. The topological polar surface area (TPSA) is 20.2 Å². The van der Waals surface area contributed by atoms with Gasteiger partial charge in [0.2, 0.25) is 0 Å². The maximum absolute atomic E-state index is 11.0. The lowest BCUT2D eigenvalue weighted by Crippen LogP contribution is -2.46. The maximum atomic E-state index is 11.0. The van der Waals surface area contributed by atoms with Crippen LogP contribution >= 0.6 is 47.8 Å². The number of hydrogen-bond acceptors (Lipinski definition) is 1. The highest BCUT2D eigenvalue weighted by Crippen LogP contribution is 2.89. The molecule has 0 aliphatic heterocycles. The van der Waals surface area contributed by atoms with Gasteiger partial charge in [0.25, 0.3) is 0 Å². The summed E-state index contributed by atoms with van der Waals surface area (Å²) in [7, 11) is 0. The molecule has 15 heavy (non-hydrogen) atoms. The number of hydrogen-bond donors (Lipinski definition) is 1. The third-order valence-electron chi connectivity index (χ3n) is 6.34. The van der Waals surface area contributed by atoms with Gasteiger partial charge in [-0.05, 0) is 41.9 Å². The van der Waals surface area contributed by atoms with Crippen LogP contribution in [0.25, 0.3) is 0 Å². The van der Waals surface area contributed by atoms with E-state index < -0.39 is 5.60 Å². The van der Waals surface area contributed by atoms with E-state index in [1.54, 1.807) is 0 Å². The summed E-state index contributed by atoms with van der Waals surface area (Å²) in [6, 6.07) is 0. The minimum atomic E-state index is -0.412. The van der Waals surface area contributed by atoms with Gasteiger partial charge in [0, 0.05) is 10.7 Å². The Bertz CT molecular complexity index is 395. The van der Waals surface area contributed by atoms with Crippen LogP contribution in [0, 0.1) is 41.4 Å². The van der Waals surface area contributed by atoms with Gasteiger partial charge >= 0.3 is 0 Å². The minimum Gasteiger partial charge on any atom is -0.388 e. The molecule has 6 fully saturated rings. The number of rotatable bonds is 0. The zero-order valence-electron chi connectivity index (χ0n) is 7.91. The van der Waals surface area contributed by atoms with Gasteiger partial charge in [0.1, 0.15) is 0 Å². The van der Waals surface area contributed by atoms with Gasteiger partial charge in [-0.2, -0.15) is 0 Å². The molecule has 0 aromatic carbocycles. The predicted octanol–water partition coefficient (Wildman–Crippen LogP) is 2.74. The monoisotopic (exact) mass is 396 g/mol. The molecule has 0 spiro atoms. The van der Waals surface area contributed by atoms with Gasteiger partial charge in [0.15, 0.2) is 0 Å². The molecule has 6 aliphatic rings. The van der Waals surface area contributed by atoms with E-state index in [-0.39, 0.29) is 3.23 Å². The summed E-state index contributed by atoms with van der Waals surface area (Å²) >= 11 is 11.6. The van der Waals surface area contributed by atoms with Crippen molar-refractivity contribution >= 4 is 47.8 Å². The molecule has 0 unspecified atom stereocenters. The highest BCUT2D eigenvalue weighted by atomic mass is 79.9. The van der Waals surface area contributed by atoms with Crippen LogP contribution in [0.15, 0.2) is 0 Å². The Labute approximate surface area is 114 Å². The second-order valence-corrected chi connectivity index (χ2v) is 10.9. The lowest BCUT2D eigenvalue weighted by molar-refractivity contribution is -0.0514. The van der Waals surface area contributed by atoms with Crippen LogP contribution in [0.1, 0.15) is 6.42 Å². The molecule has 6 bridgehead atoms. The van der Waals surface area contributed by atoms with Crippen molar-refractivity contribution in [1.29, 1.82) is 0 Å². The Morgan fingerprint density at radius 3 is 2.40 bits per heavy atom. The number of halogens is 3. The largest absolute Gasteiger partial charge is 0.388 e. The van der Waals surface area contributed by atoms with Crippen molar-refractivity contribution in [3.63, 3.8) is 0 Å². The summed E-state index contributed by atoms with van der Waals surface area (Å²) in [6.45, 7) is 0. The Morgan fingerprint density at radius 1 is 1.07 bits per heavy atom. The molecule has 0 amide bonds. The van der Waals surface area contributed by atoms with Crippen LogP contribution in [0.5, 0.6) is 0 Å². The zero-order valence-corrected chi connectivity index (χ0v) is 12.7. The van der Waals surface area contributed by atoms with Crippen LogP contribution in [0.2, 0.25) is 0 Å². The van der Waals surface area contributed by atoms with Crippen LogP contribution in [-0.4, -0.2) is 18.8 Å². The normalized spacial score (nSPS) is 79.2. The highest BCUT2D eigenvalue weighted by Gasteiger charge is 2.91. The van der Waals surface area contributed by atoms with Gasteiger partial charge in [-0.1, -0.05) is 47.8 Å². The first-order valence-electron chi connectivity index (χ1n) is 5.75. The van der Waals surface area contributed by atoms with Crippen molar-refractivity contribution in [3.8, 4) is 0 Å². The van der Waals surface area contributed by atoms with Gasteiger partial charge in [-0.3, -0.25) is 0 Å².